The van der Waals surface area contributed by atoms with E-state index in [0.29, 0.717) is 0 Å². The fourth-order valence-corrected chi connectivity index (χ4v) is 1.94. The predicted octanol–water partition coefficient (Wildman–Crippen LogP) is 2.77. The van der Waals surface area contributed by atoms with Crippen LogP contribution in [0.25, 0.3) is 11.1 Å². The summed E-state index contributed by atoms with van der Waals surface area (Å²) in [6.45, 7) is 0. The minimum absolute atomic E-state index is 0.0959. The number of aromatic nitrogens is 1. The van der Waals surface area contributed by atoms with Gasteiger partial charge in [-0.15, -0.1) is 0 Å². The Morgan fingerprint density at radius 3 is 2.47 bits per heavy atom. The van der Waals surface area contributed by atoms with Crippen molar-refractivity contribution < 1.29 is 26.0 Å². The van der Waals surface area contributed by atoms with E-state index >= 15 is 0 Å². The zero-order valence-corrected chi connectivity index (χ0v) is 9.40. The van der Waals surface area contributed by atoms with Crippen LogP contribution in [-0.4, -0.2) is 13.4 Å². The maximum atomic E-state index is 12.3. The van der Waals surface area contributed by atoms with Gasteiger partial charge >= 0.3 is 12.1 Å². The fourth-order valence-electron chi connectivity index (χ4n) is 1.18. The molecular weight excluding hydrogens is 283 g/mol. The van der Waals surface area contributed by atoms with Crippen LogP contribution in [0.5, 0.6) is 0 Å². The molecule has 17 heavy (non-hydrogen) atoms. The van der Waals surface area contributed by atoms with Crippen molar-refractivity contribution in [3.63, 3.8) is 0 Å². The van der Waals surface area contributed by atoms with E-state index in [4.69, 9.17) is 10.7 Å². The molecule has 1 heterocycles. The normalized spacial score (nSPS) is 13.2. The molecule has 2 rings (SSSR count). The molecule has 0 atom stereocenters. The molecule has 1 aromatic heterocycles. The number of hydrogen-bond acceptors (Lipinski definition) is 4. The van der Waals surface area contributed by atoms with Gasteiger partial charge in [-0.3, -0.25) is 0 Å². The molecule has 0 aliphatic carbocycles. The second-order valence-corrected chi connectivity index (χ2v) is 5.65. The second kappa shape index (κ2) is 3.61. The van der Waals surface area contributed by atoms with Crippen LogP contribution >= 0.6 is 10.7 Å². The van der Waals surface area contributed by atoms with E-state index in [-0.39, 0.29) is 16.0 Å². The molecule has 0 bridgehead atoms. The van der Waals surface area contributed by atoms with Gasteiger partial charge in [-0.2, -0.15) is 13.2 Å². The summed E-state index contributed by atoms with van der Waals surface area (Å²) in [6.07, 6.45) is -4.72. The van der Waals surface area contributed by atoms with Gasteiger partial charge in [-0.05, 0) is 12.1 Å². The molecule has 0 amide bonds. The Morgan fingerprint density at radius 1 is 1.29 bits per heavy atom. The van der Waals surface area contributed by atoms with Gasteiger partial charge in [0.05, 0.1) is 4.90 Å². The van der Waals surface area contributed by atoms with Gasteiger partial charge in [0.1, 0.15) is 5.52 Å². The summed E-state index contributed by atoms with van der Waals surface area (Å²) < 4.78 is 63.1. The second-order valence-electron chi connectivity index (χ2n) is 3.08. The summed E-state index contributed by atoms with van der Waals surface area (Å²) in [5, 5.41) is 0. The molecule has 0 unspecified atom stereocenters. The van der Waals surface area contributed by atoms with Crippen LogP contribution in [0.1, 0.15) is 5.89 Å². The van der Waals surface area contributed by atoms with Gasteiger partial charge in [-0.1, -0.05) is 0 Å². The van der Waals surface area contributed by atoms with E-state index in [0.717, 1.165) is 18.2 Å². The lowest BCUT2D eigenvalue weighted by Crippen LogP contribution is -2.04. The average Bonchev–Trinajstić information content (AvgIpc) is 2.57. The smallest absolute Gasteiger partial charge is 0.433 e. The van der Waals surface area contributed by atoms with Crippen LogP contribution in [0.4, 0.5) is 13.2 Å². The number of halogens is 4. The van der Waals surface area contributed by atoms with Crippen molar-refractivity contribution in [3.05, 3.63) is 24.1 Å². The molecular formula is C8H3ClF3NO3S. The monoisotopic (exact) mass is 285 g/mol. The maximum absolute atomic E-state index is 12.3. The molecule has 0 saturated carbocycles. The Kier molecular flexibility index (Phi) is 2.58. The number of alkyl halides is 3. The van der Waals surface area contributed by atoms with Crippen molar-refractivity contribution in [2.45, 2.75) is 11.1 Å². The predicted molar refractivity (Wildman–Crippen MR) is 52.0 cm³/mol. The third-order valence-electron chi connectivity index (χ3n) is 1.88. The van der Waals surface area contributed by atoms with Crippen molar-refractivity contribution >= 4 is 30.8 Å². The molecule has 4 nitrogen and oxygen atoms in total. The lowest BCUT2D eigenvalue weighted by atomic mass is 10.3. The summed E-state index contributed by atoms with van der Waals surface area (Å²) >= 11 is 0. The first-order valence-electron chi connectivity index (χ1n) is 4.10. The molecule has 9 heteroatoms. The highest BCUT2D eigenvalue weighted by Gasteiger charge is 2.37. The van der Waals surface area contributed by atoms with E-state index in [9.17, 15) is 21.6 Å². The van der Waals surface area contributed by atoms with E-state index in [1.807, 2.05) is 0 Å². The standard InChI is InChI=1S/C8H3ClF3NO3S/c9-17(14,15)4-1-2-5-6(3-4)16-7(13-5)8(10,11)12/h1-3H. The van der Waals surface area contributed by atoms with Crippen LogP contribution in [-0.2, 0) is 15.2 Å². The Hall–Kier alpha value is -1.28. The Bertz CT molecular complexity index is 677. The Labute approximate surface area is 97.4 Å². The Balaban J connectivity index is 2.64. The molecule has 0 aliphatic rings. The fraction of sp³-hybridized carbons (Fsp3) is 0.125. The van der Waals surface area contributed by atoms with Crippen molar-refractivity contribution in [3.8, 4) is 0 Å². The lowest BCUT2D eigenvalue weighted by molar-refractivity contribution is -0.156. The molecule has 1 aromatic carbocycles. The minimum atomic E-state index is -4.72. The van der Waals surface area contributed by atoms with E-state index in [1.54, 1.807) is 0 Å². The lowest BCUT2D eigenvalue weighted by Gasteiger charge is -1.97. The number of nitrogens with zero attached hydrogens (tertiary/aromatic N) is 1. The van der Waals surface area contributed by atoms with Gasteiger partial charge in [0.15, 0.2) is 5.58 Å². The number of rotatable bonds is 1. The molecule has 2 aromatic rings. The van der Waals surface area contributed by atoms with Gasteiger partial charge in [0.2, 0.25) is 0 Å². The van der Waals surface area contributed by atoms with Crippen molar-refractivity contribution in [2.24, 2.45) is 0 Å². The van der Waals surface area contributed by atoms with Crippen LogP contribution in [0.15, 0.2) is 27.5 Å². The van der Waals surface area contributed by atoms with Crippen molar-refractivity contribution in [1.29, 1.82) is 0 Å². The molecule has 0 spiro atoms. The van der Waals surface area contributed by atoms with Crippen LogP contribution < -0.4 is 0 Å². The highest BCUT2D eigenvalue weighted by molar-refractivity contribution is 8.13. The highest BCUT2D eigenvalue weighted by Crippen LogP contribution is 2.32. The van der Waals surface area contributed by atoms with Crippen molar-refractivity contribution in [1.82, 2.24) is 4.98 Å². The average molecular weight is 286 g/mol. The van der Waals surface area contributed by atoms with E-state index < -0.39 is 21.1 Å². The third kappa shape index (κ3) is 2.37. The summed E-state index contributed by atoms with van der Waals surface area (Å²) in [5.74, 6) is -1.43. The molecule has 0 saturated heterocycles. The maximum Gasteiger partial charge on any atom is 0.468 e. The van der Waals surface area contributed by atoms with Crippen LogP contribution in [0.3, 0.4) is 0 Å². The molecule has 0 radical (unpaired) electrons. The number of oxazole rings is 1. The summed E-state index contributed by atoms with van der Waals surface area (Å²) in [5.41, 5.74) is -0.388. The summed E-state index contributed by atoms with van der Waals surface area (Å²) in [4.78, 5) is 2.83. The van der Waals surface area contributed by atoms with Crippen LogP contribution in [0.2, 0.25) is 0 Å². The first-order chi connectivity index (χ1) is 7.68. The molecule has 0 aliphatic heterocycles. The number of fused-ring (bicyclic) bond motifs is 1. The summed E-state index contributed by atoms with van der Waals surface area (Å²) in [6, 6.07) is 3.02. The number of hydrogen-bond donors (Lipinski definition) is 0. The molecule has 0 fully saturated rings. The van der Waals surface area contributed by atoms with E-state index in [2.05, 4.69) is 9.40 Å². The largest absolute Gasteiger partial charge is 0.468 e. The first kappa shape index (κ1) is 12.2. The van der Waals surface area contributed by atoms with Gasteiger partial charge in [0, 0.05) is 16.7 Å². The zero-order valence-electron chi connectivity index (χ0n) is 7.82. The SMILES string of the molecule is O=S(=O)(Cl)c1ccc2nc(C(F)(F)F)oc2c1. The number of benzene rings is 1. The highest BCUT2D eigenvalue weighted by atomic mass is 35.7. The molecule has 92 valence electrons. The third-order valence-corrected chi connectivity index (χ3v) is 3.24. The van der Waals surface area contributed by atoms with Gasteiger partial charge in [-0.25, -0.2) is 13.4 Å². The van der Waals surface area contributed by atoms with Gasteiger partial charge in [0.25, 0.3) is 9.05 Å². The first-order valence-corrected chi connectivity index (χ1v) is 6.41. The minimum Gasteiger partial charge on any atom is -0.433 e. The topological polar surface area (TPSA) is 60.2 Å². The van der Waals surface area contributed by atoms with Crippen molar-refractivity contribution in [2.75, 3.05) is 0 Å². The van der Waals surface area contributed by atoms with Gasteiger partial charge < -0.3 is 4.42 Å². The van der Waals surface area contributed by atoms with E-state index in [1.165, 1.54) is 0 Å². The van der Waals surface area contributed by atoms with Crippen LogP contribution in [0, 0.1) is 0 Å². The quantitative estimate of drug-likeness (QED) is 0.756. The molecule has 0 N–H and O–H groups in total. The zero-order chi connectivity index (χ0) is 12.8. The summed E-state index contributed by atoms with van der Waals surface area (Å²) in [7, 11) is 1.03. The Morgan fingerprint density at radius 2 is 1.94 bits per heavy atom.